The van der Waals surface area contributed by atoms with Crippen LogP contribution in [0.1, 0.15) is 12.1 Å². The summed E-state index contributed by atoms with van der Waals surface area (Å²) in [7, 11) is 3.60. The first-order chi connectivity index (χ1) is 14.3. The van der Waals surface area contributed by atoms with Gasteiger partial charge in [0.2, 0.25) is 5.91 Å². The second kappa shape index (κ2) is 9.65. The Balaban J connectivity index is 1.71. The van der Waals surface area contributed by atoms with Crippen LogP contribution in [0.3, 0.4) is 0 Å². The normalized spacial score (nSPS) is 15.3. The number of nitrogens with one attached hydrogen (secondary N) is 1. The molecule has 3 rings (SSSR count). The summed E-state index contributed by atoms with van der Waals surface area (Å²) in [5, 5.41) is 0.00580. The van der Waals surface area contributed by atoms with Crippen molar-refractivity contribution >= 4 is 17.7 Å². The number of benzene rings is 1. The number of piperazine rings is 1. The van der Waals surface area contributed by atoms with Crippen LogP contribution < -0.4 is 9.64 Å². The molecule has 1 saturated heterocycles. The SMILES string of the molecule is COc1ccc(-c2cc(C(F)(F)F)nc(SCCC(=O)N3CC[NH+](C)CC3)n2)cc1. The molecule has 2 aromatic rings. The van der Waals surface area contributed by atoms with Gasteiger partial charge in [-0.2, -0.15) is 13.2 Å². The molecular weight excluding hydrogens is 417 g/mol. The number of carbonyl (C=O) groups excluding carboxylic acids is 1. The average molecular weight is 441 g/mol. The van der Waals surface area contributed by atoms with Crippen molar-refractivity contribution in [2.24, 2.45) is 0 Å². The first-order valence-corrected chi connectivity index (χ1v) is 10.6. The molecule has 1 aromatic carbocycles. The molecule has 1 aliphatic heterocycles. The lowest BCUT2D eigenvalue weighted by atomic mass is 10.1. The molecule has 0 unspecified atom stereocenters. The lowest BCUT2D eigenvalue weighted by Crippen LogP contribution is -3.12. The van der Waals surface area contributed by atoms with E-state index in [1.807, 2.05) is 4.90 Å². The Labute approximate surface area is 177 Å². The molecule has 162 valence electrons. The maximum atomic E-state index is 13.3. The number of amides is 1. The third kappa shape index (κ3) is 5.85. The van der Waals surface area contributed by atoms with E-state index in [2.05, 4.69) is 17.0 Å². The van der Waals surface area contributed by atoms with Crippen molar-refractivity contribution in [3.8, 4) is 17.0 Å². The van der Waals surface area contributed by atoms with Crippen LogP contribution in [0.25, 0.3) is 11.3 Å². The van der Waals surface area contributed by atoms with Crippen LogP contribution in [-0.4, -0.2) is 66.9 Å². The molecule has 30 heavy (non-hydrogen) atoms. The quantitative estimate of drug-likeness (QED) is 0.549. The Kier molecular flexibility index (Phi) is 7.19. The number of halogens is 3. The van der Waals surface area contributed by atoms with Crippen molar-refractivity contribution in [3.05, 3.63) is 36.0 Å². The lowest BCUT2D eigenvalue weighted by molar-refractivity contribution is -0.883. The number of hydrogen-bond acceptors (Lipinski definition) is 5. The van der Waals surface area contributed by atoms with Crippen molar-refractivity contribution in [1.29, 1.82) is 0 Å². The average Bonchev–Trinajstić information content (AvgIpc) is 2.73. The van der Waals surface area contributed by atoms with Crippen LogP contribution in [0.2, 0.25) is 0 Å². The van der Waals surface area contributed by atoms with Gasteiger partial charge < -0.3 is 14.5 Å². The molecule has 1 aromatic heterocycles. The van der Waals surface area contributed by atoms with Crippen LogP contribution in [0.5, 0.6) is 5.75 Å². The number of aromatic nitrogens is 2. The van der Waals surface area contributed by atoms with Gasteiger partial charge in [0, 0.05) is 17.7 Å². The van der Waals surface area contributed by atoms with E-state index in [0.717, 1.165) is 30.9 Å². The van der Waals surface area contributed by atoms with Crippen molar-refractivity contribution < 1.29 is 27.6 Å². The zero-order valence-corrected chi connectivity index (χ0v) is 17.6. The second-order valence-electron chi connectivity index (χ2n) is 7.08. The standard InChI is InChI=1S/C20H23F3N4O2S/c1-26-8-10-27(11-9-26)18(28)7-12-30-19-24-16(13-17(25-19)20(21,22)23)14-3-5-15(29-2)6-4-14/h3-6,13H,7-12H2,1-2H3/p+1. The molecule has 0 radical (unpaired) electrons. The maximum Gasteiger partial charge on any atom is 0.433 e. The largest absolute Gasteiger partial charge is 0.497 e. The molecule has 0 bridgehead atoms. The highest BCUT2D eigenvalue weighted by atomic mass is 32.2. The second-order valence-corrected chi connectivity index (χ2v) is 8.15. The predicted octanol–water partition coefficient (Wildman–Crippen LogP) is 2.01. The summed E-state index contributed by atoms with van der Waals surface area (Å²) < 4.78 is 45.1. The molecule has 1 fully saturated rings. The summed E-state index contributed by atoms with van der Waals surface area (Å²) in [6, 6.07) is 7.55. The third-order valence-corrected chi connectivity index (χ3v) is 5.75. The molecule has 1 aliphatic rings. The van der Waals surface area contributed by atoms with Gasteiger partial charge in [-0.15, -0.1) is 0 Å². The lowest BCUT2D eigenvalue weighted by Gasteiger charge is -2.30. The van der Waals surface area contributed by atoms with Crippen LogP contribution in [0.15, 0.2) is 35.5 Å². The minimum Gasteiger partial charge on any atom is -0.497 e. The Morgan fingerprint density at radius 2 is 1.87 bits per heavy atom. The van der Waals surface area contributed by atoms with Gasteiger partial charge in [0.25, 0.3) is 0 Å². The summed E-state index contributed by atoms with van der Waals surface area (Å²) >= 11 is 1.06. The van der Waals surface area contributed by atoms with Gasteiger partial charge in [0.15, 0.2) is 5.16 Å². The number of nitrogens with zero attached hydrogens (tertiary/aromatic N) is 3. The van der Waals surface area contributed by atoms with Crippen LogP contribution in [-0.2, 0) is 11.0 Å². The number of methoxy groups -OCH3 is 1. The summed E-state index contributed by atoms with van der Waals surface area (Å²) in [6.07, 6.45) is -4.35. The zero-order valence-electron chi connectivity index (χ0n) is 16.8. The summed E-state index contributed by atoms with van der Waals surface area (Å²) in [5.41, 5.74) is -0.295. The van der Waals surface area contributed by atoms with Crippen molar-refractivity contribution in [2.75, 3.05) is 46.1 Å². The molecule has 0 atom stereocenters. The van der Waals surface area contributed by atoms with Crippen LogP contribution in [0, 0.1) is 0 Å². The van der Waals surface area contributed by atoms with Gasteiger partial charge in [-0.05, 0) is 30.3 Å². The Morgan fingerprint density at radius 3 is 2.47 bits per heavy atom. The highest BCUT2D eigenvalue weighted by Crippen LogP contribution is 2.32. The van der Waals surface area contributed by atoms with E-state index >= 15 is 0 Å². The fourth-order valence-corrected chi connectivity index (χ4v) is 3.86. The highest BCUT2D eigenvalue weighted by Gasteiger charge is 2.34. The van der Waals surface area contributed by atoms with Crippen LogP contribution >= 0.6 is 11.8 Å². The number of quaternary nitrogens is 1. The van der Waals surface area contributed by atoms with Crippen molar-refractivity contribution in [3.63, 3.8) is 0 Å². The molecule has 0 spiro atoms. The first-order valence-electron chi connectivity index (χ1n) is 9.59. The summed E-state index contributed by atoms with van der Waals surface area (Å²) in [4.78, 5) is 23.5. The van der Waals surface area contributed by atoms with E-state index in [9.17, 15) is 18.0 Å². The van der Waals surface area contributed by atoms with Crippen LogP contribution in [0.4, 0.5) is 13.2 Å². The minimum absolute atomic E-state index is 0.00580. The third-order valence-electron chi connectivity index (χ3n) is 4.90. The Bertz CT molecular complexity index is 869. The van der Waals surface area contributed by atoms with E-state index in [1.54, 1.807) is 24.3 Å². The van der Waals surface area contributed by atoms with E-state index in [0.29, 0.717) is 30.2 Å². The fourth-order valence-electron chi connectivity index (χ4n) is 3.07. The molecule has 2 heterocycles. The van der Waals surface area contributed by atoms with E-state index in [-0.39, 0.29) is 23.2 Å². The van der Waals surface area contributed by atoms with Gasteiger partial charge in [-0.1, -0.05) is 11.8 Å². The Hall–Kier alpha value is -2.33. The fraction of sp³-hybridized carbons (Fsp3) is 0.450. The Morgan fingerprint density at radius 1 is 1.20 bits per heavy atom. The van der Waals surface area contributed by atoms with E-state index < -0.39 is 11.9 Å². The van der Waals surface area contributed by atoms with Gasteiger partial charge in [-0.3, -0.25) is 4.79 Å². The van der Waals surface area contributed by atoms with Gasteiger partial charge >= 0.3 is 6.18 Å². The van der Waals surface area contributed by atoms with Gasteiger partial charge in [-0.25, -0.2) is 9.97 Å². The number of thioether (sulfide) groups is 1. The number of likely N-dealkylation sites (N-methyl/N-ethyl adjacent to an activating group) is 1. The summed E-state index contributed by atoms with van der Waals surface area (Å²) in [6.45, 7) is 3.22. The molecule has 0 aliphatic carbocycles. The van der Waals surface area contributed by atoms with Crippen molar-refractivity contribution in [1.82, 2.24) is 14.9 Å². The zero-order chi connectivity index (χ0) is 21.7. The predicted molar refractivity (Wildman–Crippen MR) is 108 cm³/mol. The van der Waals surface area contributed by atoms with Crippen molar-refractivity contribution in [2.45, 2.75) is 17.8 Å². The summed E-state index contributed by atoms with van der Waals surface area (Å²) in [5.74, 6) is 0.932. The van der Waals surface area contributed by atoms with Gasteiger partial charge in [0.1, 0.15) is 11.4 Å². The smallest absolute Gasteiger partial charge is 0.433 e. The number of hydrogen-bond donors (Lipinski definition) is 1. The van der Waals surface area contributed by atoms with E-state index in [4.69, 9.17) is 4.74 Å². The van der Waals surface area contributed by atoms with Gasteiger partial charge in [0.05, 0.1) is 46.0 Å². The molecule has 0 saturated carbocycles. The number of carbonyl (C=O) groups is 1. The number of alkyl halides is 3. The topological polar surface area (TPSA) is 59.8 Å². The maximum absolute atomic E-state index is 13.3. The molecule has 10 heteroatoms. The minimum atomic E-state index is -4.59. The molecule has 1 amide bonds. The molecule has 6 nitrogen and oxygen atoms in total. The first kappa shape index (κ1) is 22.4. The number of ether oxygens (including phenoxy) is 1. The highest BCUT2D eigenvalue weighted by molar-refractivity contribution is 7.99. The number of rotatable bonds is 6. The molecular formula is C20H24F3N4O2S+. The molecule has 1 N–H and O–H groups in total. The monoisotopic (exact) mass is 441 g/mol. The van der Waals surface area contributed by atoms with E-state index in [1.165, 1.54) is 12.0 Å².